The molecular weight excluding hydrogens is 371 g/mol. The van der Waals surface area contributed by atoms with Gasteiger partial charge in [-0.3, -0.25) is 0 Å². The normalized spacial score (nSPS) is 13.0. The first-order valence-electron chi connectivity index (χ1n) is 10.6. The lowest BCUT2D eigenvalue weighted by molar-refractivity contribution is 0.360. The third kappa shape index (κ3) is 6.21. The second-order valence-corrected chi connectivity index (χ2v) is 7.54. The van der Waals surface area contributed by atoms with Gasteiger partial charge in [0.05, 0.1) is 6.21 Å². The van der Waals surface area contributed by atoms with Gasteiger partial charge in [-0.1, -0.05) is 92.2 Å². The molecule has 0 heterocycles. The lowest BCUT2D eigenvalue weighted by Crippen LogP contribution is -2.04. The first-order chi connectivity index (χ1) is 14.7. The van der Waals surface area contributed by atoms with Gasteiger partial charge in [0.1, 0.15) is 11.9 Å². The highest BCUT2D eigenvalue weighted by Crippen LogP contribution is 2.15. The van der Waals surface area contributed by atoms with Gasteiger partial charge in [-0.25, -0.2) is 4.39 Å². The van der Waals surface area contributed by atoms with Crippen LogP contribution >= 0.6 is 0 Å². The van der Waals surface area contributed by atoms with Gasteiger partial charge >= 0.3 is 0 Å². The standard InChI is InChI=1S/C27H29FN2/c1-3-4-10-23-11-8-9-14-26(23)20-29-30-27(24-12-6-5-7-13-24)25-17-15-22(16-18-25)19-21(2)28/h5-9,11-18,20-21H,3-4,10,19H2,1-2H3. The number of aryl methyl sites for hydroxylation is 1. The fourth-order valence-electron chi connectivity index (χ4n) is 3.41. The summed E-state index contributed by atoms with van der Waals surface area (Å²) in [6.45, 7) is 3.78. The number of rotatable bonds is 9. The number of benzene rings is 3. The van der Waals surface area contributed by atoms with Crippen LogP contribution in [0.2, 0.25) is 0 Å². The summed E-state index contributed by atoms with van der Waals surface area (Å²) in [6.07, 6.45) is 4.78. The molecule has 0 fully saturated rings. The third-order valence-corrected chi connectivity index (χ3v) is 5.00. The Hall–Kier alpha value is -3.07. The van der Waals surface area contributed by atoms with Crippen LogP contribution in [0.25, 0.3) is 0 Å². The van der Waals surface area contributed by atoms with Crippen LogP contribution in [0.5, 0.6) is 0 Å². The van der Waals surface area contributed by atoms with Gasteiger partial charge in [0.15, 0.2) is 0 Å². The van der Waals surface area contributed by atoms with Gasteiger partial charge in [-0.05, 0) is 36.5 Å². The molecule has 1 atom stereocenters. The van der Waals surface area contributed by atoms with E-state index < -0.39 is 6.17 Å². The van der Waals surface area contributed by atoms with Gasteiger partial charge in [-0.15, -0.1) is 5.10 Å². The zero-order valence-electron chi connectivity index (χ0n) is 17.8. The second kappa shape index (κ2) is 11.2. The van der Waals surface area contributed by atoms with Gasteiger partial charge in [0, 0.05) is 17.5 Å². The molecular formula is C27H29FN2. The number of unbranched alkanes of at least 4 members (excludes halogenated alkanes) is 1. The molecule has 0 aliphatic heterocycles. The van der Waals surface area contributed by atoms with Crippen LogP contribution in [0.3, 0.4) is 0 Å². The lowest BCUT2D eigenvalue weighted by Gasteiger charge is -2.08. The molecule has 0 saturated carbocycles. The minimum Gasteiger partial charge on any atom is -0.247 e. The highest BCUT2D eigenvalue weighted by molar-refractivity contribution is 6.13. The molecule has 3 rings (SSSR count). The van der Waals surface area contributed by atoms with Crippen molar-refractivity contribution in [3.8, 4) is 0 Å². The summed E-state index contributed by atoms with van der Waals surface area (Å²) in [5.74, 6) is 0. The minimum atomic E-state index is -0.851. The van der Waals surface area contributed by atoms with E-state index in [-0.39, 0.29) is 0 Å². The number of hydrogen-bond donors (Lipinski definition) is 0. The Morgan fingerprint density at radius 1 is 0.900 bits per heavy atom. The number of hydrogen-bond acceptors (Lipinski definition) is 2. The monoisotopic (exact) mass is 400 g/mol. The van der Waals surface area contributed by atoms with E-state index in [2.05, 4.69) is 35.3 Å². The zero-order valence-corrected chi connectivity index (χ0v) is 17.8. The Bertz CT molecular complexity index is 973. The highest BCUT2D eigenvalue weighted by Gasteiger charge is 2.08. The summed E-state index contributed by atoms with van der Waals surface area (Å²) in [4.78, 5) is 0. The molecule has 0 saturated heterocycles. The Balaban J connectivity index is 1.90. The van der Waals surface area contributed by atoms with Crippen molar-refractivity contribution in [2.24, 2.45) is 10.2 Å². The molecule has 0 radical (unpaired) electrons. The number of alkyl halides is 1. The maximum absolute atomic E-state index is 13.3. The maximum Gasteiger partial charge on any atom is 0.101 e. The molecule has 0 aliphatic carbocycles. The summed E-state index contributed by atoms with van der Waals surface area (Å²) in [7, 11) is 0. The summed E-state index contributed by atoms with van der Waals surface area (Å²) in [5, 5.41) is 9.02. The summed E-state index contributed by atoms with van der Waals surface area (Å²) in [5.41, 5.74) is 6.15. The van der Waals surface area contributed by atoms with Crippen LogP contribution in [0.1, 0.15) is 54.5 Å². The Morgan fingerprint density at radius 2 is 1.57 bits per heavy atom. The van der Waals surface area contributed by atoms with E-state index in [1.165, 1.54) is 12.0 Å². The number of nitrogens with zero attached hydrogens (tertiary/aromatic N) is 2. The van der Waals surface area contributed by atoms with Crippen LogP contribution in [-0.2, 0) is 12.8 Å². The highest BCUT2D eigenvalue weighted by atomic mass is 19.1. The van der Waals surface area contributed by atoms with Crippen molar-refractivity contribution < 1.29 is 4.39 Å². The molecule has 3 aromatic carbocycles. The molecule has 3 heteroatoms. The molecule has 0 N–H and O–H groups in total. The van der Waals surface area contributed by atoms with Gasteiger partial charge in [0.25, 0.3) is 0 Å². The molecule has 3 aromatic rings. The van der Waals surface area contributed by atoms with Gasteiger partial charge < -0.3 is 0 Å². The Labute approximate surface area is 179 Å². The maximum atomic E-state index is 13.3. The first kappa shape index (κ1) is 21.6. The molecule has 0 bridgehead atoms. The van der Waals surface area contributed by atoms with Crippen LogP contribution < -0.4 is 0 Å². The van der Waals surface area contributed by atoms with E-state index in [4.69, 9.17) is 0 Å². The van der Waals surface area contributed by atoms with Crippen molar-refractivity contribution in [2.45, 2.75) is 45.7 Å². The summed E-state index contributed by atoms with van der Waals surface area (Å²) < 4.78 is 13.3. The SMILES string of the molecule is CCCCc1ccccc1C=NN=C(c1ccccc1)c1ccc(CC(C)F)cc1. The molecule has 0 aromatic heterocycles. The van der Waals surface area contributed by atoms with Crippen molar-refractivity contribution >= 4 is 11.9 Å². The fraction of sp³-hybridized carbons (Fsp3) is 0.259. The smallest absolute Gasteiger partial charge is 0.101 e. The van der Waals surface area contributed by atoms with E-state index in [0.29, 0.717) is 6.42 Å². The van der Waals surface area contributed by atoms with Crippen LogP contribution in [0, 0.1) is 0 Å². The largest absolute Gasteiger partial charge is 0.247 e. The Kier molecular flexibility index (Phi) is 8.08. The predicted molar refractivity (Wildman–Crippen MR) is 125 cm³/mol. The lowest BCUT2D eigenvalue weighted by atomic mass is 10.00. The summed E-state index contributed by atoms with van der Waals surface area (Å²) >= 11 is 0. The Morgan fingerprint density at radius 3 is 2.27 bits per heavy atom. The quantitative estimate of drug-likeness (QED) is 0.279. The van der Waals surface area contributed by atoms with Crippen LogP contribution in [-0.4, -0.2) is 18.1 Å². The van der Waals surface area contributed by atoms with Gasteiger partial charge in [-0.2, -0.15) is 5.10 Å². The van der Waals surface area contributed by atoms with Crippen molar-refractivity contribution in [1.29, 1.82) is 0 Å². The van der Waals surface area contributed by atoms with E-state index in [9.17, 15) is 4.39 Å². The third-order valence-electron chi connectivity index (χ3n) is 5.00. The van der Waals surface area contributed by atoms with Crippen molar-refractivity contribution in [3.05, 3.63) is 107 Å². The number of halogens is 1. The molecule has 1 unspecified atom stereocenters. The topological polar surface area (TPSA) is 24.7 Å². The van der Waals surface area contributed by atoms with E-state index in [1.54, 1.807) is 6.92 Å². The molecule has 0 spiro atoms. The van der Waals surface area contributed by atoms with Gasteiger partial charge in [0.2, 0.25) is 0 Å². The average molecular weight is 401 g/mol. The van der Waals surface area contributed by atoms with E-state index >= 15 is 0 Å². The van der Waals surface area contributed by atoms with Crippen LogP contribution in [0.15, 0.2) is 89.1 Å². The fourth-order valence-corrected chi connectivity index (χ4v) is 3.41. The zero-order chi connectivity index (χ0) is 21.2. The molecule has 0 aliphatic rings. The molecule has 0 amide bonds. The minimum absolute atomic E-state index is 0.421. The predicted octanol–water partition coefficient (Wildman–Crippen LogP) is 6.80. The van der Waals surface area contributed by atoms with Crippen molar-refractivity contribution in [3.63, 3.8) is 0 Å². The molecule has 2 nitrogen and oxygen atoms in total. The van der Waals surface area contributed by atoms with Crippen molar-refractivity contribution in [1.82, 2.24) is 0 Å². The van der Waals surface area contributed by atoms with E-state index in [0.717, 1.165) is 40.8 Å². The van der Waals surface area contributed by atoms with Crippen LogP contribution in [0.4, 0.5) is 4.39 Å². The van der Waals surface area contributed by atoms with E-state index in [1.807, 2.05) is 66.9 Å². The summed E-state index contributed by atoms with van der Waals surface area (Å²) in [6, 6.07) is 26.3. The first-order valence-corrected chi connectivity index (χ1v) is 10.6. The second-order valence-electron chi connectivity index (χ2n) is 7.54. The average Bonchev–Trinajstić information content (AvgIpc) is 2.77. The molecule has 154 valence electrons. The van der Waals surface area contributed by atoms with Crippen molar-refractivity contribution in [2.75, 3.05) is 0 Å². The molecule has 30 heavy (non-hydrogen) atoms.